The normalized spacial score (nSPS) is 20.4. The third kappa shape index (κ3) is 5.15. The Kier molecular flexibility index (Phi) is 7.49. The van der Waals surface area contributed by atoms with E-state index in [9.17, 15) is 13.2 Å². The average Bonchev–Trinajstić information content (AvgIpc) is 2.73. The first-order valence-corrected chi connectivity index (χ1v) is 13.1. The second-order valence-corrected chi connectivity index (χ2v) is 11.6. The van der Waals surface area contributed by atoms with Crippen LogP contribution in [0.5, 0.6) is 0 Å². The van der Waals surface area contributed by atoms with Gasteiger partial charge in [-0.15, -0.1) is 0 Å². The molecule has 1 N–H and O–H groups in total. The van der Waals surface area contributed by atoms with Gasteiger partial charge in [0.05, 0.1) is 4.90 Å². The van der Waals surface area contributed by atoms with Crippen molar-refractivity contribution in [2.45, 2.75) is 84.2 Å². The molecule has 174 valence electrons. The maximum absolute atomic E-state index is 13.4. The Bertz CT molecular complexity index is 884. The lowest BCUT2D eigenvalue weighted by Gasteiger charge is -2.36. The first kappa shape index (κ1) is 24.2. The number of sulfonamides is 1. The first-order valence-electron chi connectivity index (χ1n) is 11.6. The minimum atomic E-state index is -3.56. The molecule has 1 aromatic carbocycles. The number of carbonyl (C=O) groups excluding carboxylic acids is 1. The van der Waals surface area contributed by atoms with Crippen LogP contribution >= 0.6 is 0 Å². The highest BCUT2D eigenvalue weighted by Gasteiger charge is 2.35. The Labute approximate surface area is 188 Å². The molecule has 31 heavy (non-hydrogen) atoms. The largest absolute Gasteiger partial charge is 0.353 e. The molecule has 6 nitrogen and oxygen atoms in total. The van der Waals surface area contributed by atoms with Crippen molar-refractivity contribution in [2.24, 2.45) is 5.92 Å². The summed E-state index contributed by atoms with van der Waals surface area (Å²) in [7, 11) is -3.56. The second kappa shape index (κ2) is 9.59. The third-order valence-corrected chi connectivity index (χ3v) is 9.50. The van der Waals surface area contributed by atoms with Gasteiger partial charge in [0.25, 0.3) is 0 Å². The summed E-state index contributed by atoms with van der Waals surface area (Å²) >= 11 is 0. The van der Waals surface area contributed by atoms with Gasteiger partial charge in [0.15, 0.2) is 0 Å². The number of benzene rings is 1. The van der Waals surface area contributed by atoms with E-state index < -0.39 is 10.0 Å². The lowest BCUT2D eigenvalue weighted by Crippen LogP contribution is -2.49. The van der Waals surface area contributed by atoms with Crippen molar-refractivity contribution in [3.8, 4) is 0 Å². The molecule has 2 aliphatic rings. The van der Waals surface area contributed by atoms with Crippen molar-refractivity contribution in [2.75, 3.05) is 26.2 Å². The molecule has 0 atom stereocenters. The van der Waals surface area contributed by atoms with E-state index in [1.54, 1.807) is 4.31 Å². The summed E-state index contributed by atoms with van der Waals surface area (Å²) in [5, 5.41) is 3.23. The SMILES string of the molecule is Cc1cc(C)c(C)c(S(=O)(=O)N2CCC(C(=O)NC3CCN(C(C)C)CC3)CC2)c1C. The lowest BCUT2D eigenvalue weighted by molar-refractivity contribution is -0.127. The zero-order valence-electron chi connectivity index (χ0n) is 20.0. The summed E-state index contributed by atoms with van der Waals surface area (Å²) in [4.78, 5) is 15.7. The van der Waals surface area contributed by atoms with E-state index >= 15 is 0 Å². The molecule has 0 saturated carbocycles. The summed E-state index contributed by atoms with van der Waals surface area (Å²) < 4.78 is 28.4. The maximum Gasteiger partial charge on any atom is 0.243 e. The number of piperidine rings is 2. The van der Waals surface area contributed by atoms with Crippen molar-refractivity contribution in [3.05, 3.63) is 28.3 Å². The van der Waals surface area contributed by atoms with Gasteiger partial charge in [0.2, 0.25) is 15.9 Å². The van der Waals surface area contributed by atoms with Gasteiger partial charge in [-0.3, -0.25) is 4.79 Å². The predicted octanol–water partition coefficient (Wildman–Crippen LogP) is 3.31. The van der Waals surface area contributed by atoms with Crippen LogP contribution in [0.1, 0.15) is 61.8 Å². The number of carbonyl (C=O) groups is 1. The monoisotopic (exact) mass is 449 g/mol. The van der Waals surface area contributed by atoms with Crippen LogP contribution in [-0.2, 0) is 14.8 Å². The molecule has 2 aliphatic heterocycles. The van der Waals surface area contributed by atoms with Crippen LogP contribution in [-0.4, -0.2) is 61.8 Å². The van der Waals surface area contributed by atoms with Crippen LogP contribution in [0.25, 0.3) is 0 Å². The lowest BCUT2D eigenvalue weighted by atomic mass is 9.95. The van der Waals surface area contributed by atoms with E-state index in [0.717, 1.165) is 48.2 Å². The molecule has 1 amide bonds. The summed E-state index contributed by atoms with van der Waals surface area (Å²) in [5.41, 5.74) is 3.66. The minimum absolute atomic E-state index is 0.0961. The van der Waals surface area contributed by atoms with Gasteiger partial charge in [-0.2, -0.15) is 4.31 Å². The number of hydrogen-bond acceptors (Lipinski definition) is 4. The minimum Gasteiger partial charge on any atom is -0.353 e. The van der Waals surface area contributed by atoms with E-state index in [2.05, 4.69) is 24.1 Å². The number of rotatable bonds is 5. The van der Waals surface area contributed by atoms with Gasteiger partial charge in [0.1, 0.15) is 0 Å². The Morgan fingerprint density at radius 2 is 1.45 bits per heavy atom. The molecule has 0 spiro atoms. The molecule has 0 bridgehead atoms. The molecular weight excluding hydrogens is 410 g/mol. The molecule has 2 saturated heterocycles. The van der Waals surface area contributed by atoms with Gasteiger partial charge >= 0.3 is 0 Å². The van der Waals surface area contributed by atoms with E-state index in [1.807, 2.05) is 33.8 Å². The Hall–Kier alpha value is -1.44. The highest BCUT2D eigenvalue weighted by molar-refractivity contribution is 7.89. The van der Waals surface area contributed by atoms with E-state index in [-0.39, 0.29) is 17.9 Å². The average molecular weight is 450 g/mol. The van der Waals surface area contributed by atoms with Gasteiger partial charge in [-0.25, -0.2) is 8.42 Å². The van der Waals surface area contributed by atoms with Crippen molar-refractivity contribution < 1.29 is 13.2 Å². The summed E-state index contributed by atoms with van der Waals surface area (Å²) in [5.74, 6) is -0.00479. The molecule has 7 heteroatoms. The van der Waals surface area contributed by atoms with E-state index in [0.29, 0.717) is 36.9 Å². The molecule has 2 heterocycles. The smallest absolute Gasteiger partial charge is 0.243 e. The van der Waals surface area contributed by atoms with Crippen molar-refractivity contribution in [1.82, 2.24) is 14.5 Å². The molecular formula is C24H39N3O3S. The van der Waals surface area contributed by atoms with Crippen LogP contribution < -0.4 is 5.32 Å². The summed E-state index contributed by atoms with van der Waals surface area (Å²) in [6.45, 7) is 15.0. The number of likely N-dealkylation sites (tertiary alicyclic amines) is 1. The van der Waals surface area contributed by atoms with Crippen LogP contribution in [0.4, 0.5) is 0 Å². The zero-order chi connectivity index (χ0) is 22.9. The van der Waals surface area contributed by atoms with Gasteiger partial charge in [0, 0.05) is 44.2 Å². The van der Waals surface area contributed by atoms with Gasteiger partial charge in [-0.1, -0.05) is 6.07 Å². The van der Waals surface area contributed by atoms with Crippen molar-refractivity contribution >= 4 is 15.9 Å². The Morgan fingerprint density at radius 3 is 1.94 bits per heavy atom. The maximum atomic E-state index is 13.4. The number of amides is 1. The van der Waals surface area contributed by atoms with Gasteiger partial charge < -0.3 is 10.2 Å². The molecule has 0 radical (unpaired) electrons. The molecule has 0 aromatic heterocycles. The standard InChI is InChI=1S/C24H39N3O3S/c1-16(2)26-11-9-22(10-12-26)25-24(28)21-7-13-27(14-8-21)31(29,30)23-19(5)17(3)15-18(4)20(23)6/h15-16,21-22H,7-14H2,1-6H3,(H,25,28). The molecule has 0 unspecified atom stereocenters. The molecule has 0 aliphatic carbocycles. The topological polar surface area (TPSA) is 69.7 Å². The fourth-order valence-electron chi connectivity index (χ4n) is 4.93. The van der Waals surface area contributed by atoms with E-state index in [1.165, 1.54) is 0 Å². The molecule has 1 aromatic rings. The molecule has 3 rings (SSSR count). The number of hydrogen-bond donors (Lipinski definition) is 1. The Morgan fingerprint density at radius 1 is 0.935 bits per heavy atom. The van der Waals surface area contributed by atoms with Crippen LogP contribution in [0.3, 0.4) is 0 Å². The van der Waals surface area contributed by atoms with Crippen LogP contribution in [0, 0.1) is 33.6 Å². The van der Waals surface area contributed by atoms with Crippen LogP contribution in [0.2, 0.25) is 0 Å². The Balaban J connectivity index is 1.60. The first-order chi connectivity index (χ1) is 14.5. The van der Waals surface area contributed by atoms with Gasteiger partial charge in [-0.05, 0) is 89.5 Å². The zero-order valence-corrected chi connectivity index (χ0v) is 20.8. The number of aryl methyl sites for hydroxylation is 2. The number of nitrogens with one attached hydrogen (secondary N) is 1. The highest BCUT2D eigenvalue weighted by Crippen LogP contribution is 2.31. The van der Waals surface area contributed by atoms with Crippen molar-refractivity contribution in [1.29, 1.82) is 0 Å². The number of nitrogens with zero attached hydrogens (tertiary/aromatic N) is 2. The summed E-state index contributed by atoms with van der Waals surface area (Å²) in [6.07, 6.45) is 3.14. The fourth-order valence-corrected chi connectivity index (χ4v) is 6.98. The predicted molar refractivity (Wildman–Crippen MR) is 125 cm³/mol. The fraction of sp³-hybridized carbons (Fsp3) is 0.708. The van der Waals surface area contributed by atoms with Crippen molar-refractivity contribution in [3.63, 3.8) is 0 Å². The molecule has 2 fully saturated rings. The second-order valence-electron chi connectivity index (χ2n) is 9.68. The van der Waals surface area contributed by atoms with Crippen LogP contribution in [0.15, 0.2) is 11.0 Å². The third-order valence-electron chi connectivity index (χ3n) is 7.33. The summed E-state index contributed by atoms with van der Waals surface area (Å²) in [6, 6.07) is 2.84. The van der Waals surface area contributed by atoms with E-state index in [4.69, 9.17) is 0 Å². The quantitative estimate of drug-likeness (QED) is 0.749. The highest BCUT2D eigenvalue weighted by atomic mass is 32.2.